The Hall–Kier alpha value is -2.31. The lowest BCUT2D eigenvalue weighted by molar-refractivity contribution is -0.125. The number of aryl methyl sites for hydroxylation is 1. The minimum atomic E-state index is -0.570. The fourth-order valence-corrected chi connectivity index (χ4v) is 3.88. The molecule has 1 aromatic carbocycles. The van der Waals surface area contributed by atoms with Gasteiger partial charge in [-0.15, -0.1) is 0 Å². The first-order chi connectivity index (χ1) is 13.4. The normalized spacial score (nSPS) is 23.4. The van der Waals surface area contributed by atoms with Crippen LogP contribution in [0.3, 0.4) is 0 Å². The molecule has 1 heterocycles. The van der Waals surface area contributed by atoms with E-state index in [1.807, 2.05) is 34.6 Å². The van der Waals surface area contributed by atoms with E-state index in [0.29, 0.717) is 24.4 Å². The molecule has 0 radical (unpaired) electrons. The van der Waals surface area contributed by atoms with Crippen molar-refractivity contribution in [3.05, 3.63) is 29.6 Å². The number of carbonyl (C=O) groups is 2. The van der Waals surface area contributed by atoms with E-state index < -0.39 is 11.1 Å². The molecule has 0 spiro atoms. The zero-order valence-corrected chi connectivity index (χ0v) is 18.0. The van der Waals surface area contributed by atoms with Gasteiger partial charge in [0.05, 0.1) is 5.54 Å². The smallest absolute Gasteiger partial charge is 0.410 e. The monoisotopic (exact) mass is 406 g/mol. The quantitative estimate of drug-likeness (QED) is 0.812. The van der Waals surface area contributed by atoms with Crippen LogP contribution in [0.4, 0.5) is 9.18 Å². The average Bonchev–Trinajstić information content (AvgIpc) is 3.06. The van der Waals surface area contributed by atoms with Crippen LogP contribution in [0.2, 0.25) is 0 Å². The standard InChI is InChI=1S/C22H31FN2O4/c1-13-9-14(23)7-8-17(13)28-12-22(5,6)24-19(26)18-15-10-25(11-16(15)18)20(27)29-21(2,3)4/h7-9,15-16,18H,10-12H2,1-6H3,(H,24,26)/t15-,16+,18?. The van der Waals surface area contributed by atoms with E-state index in [2.05, 4.69) is 5.32 Å². The summed E-state index contributed by atoms with van der Waals surface area (Å²) in [5.74, 6) is 0.610. The molecule has 1 N–H and O–H groups in total. The van der Waals surface area contributed by atoms with Gasteiger partial charge in [0, 0.05) is 19.0 Å². The molecule has 29 heavy (non-hydrogen) atoms. The highest BCUT2D eigenvalue weighted by Crippen LogP contribution is 2.52. The molecule has 1 saturated carbocycles. The van der Waals surface area contributed by atoms with Gasteiger partial charge in [0.15, 0.2) is 0 Å². The Morgan fingerprint density at radius 1 is 1.17 bits per heavy atom. The van der Waals surface area contributed by atoms with Crippen molar-refractivity contribution in [3.8, 4) is 5.75 Å². The van der Waals surface area contributed by atoms with Gasteiger partial charge < -0.3 is 19.7 Å². The molecule has 1 unspecified atom stereocenters. The van der Waals surface area contributed by atoms with Gasteiger partial charge in [-0.3, -0.25) is 4.79 Å². The van der Waals surface area contributed by atoms with E-state index >= 15 is 0 Å². The fraction of sp³-hybridized carbons (Fsp3) is 0.636. The molecular formula is C22H31FN2O4. The van der Waals surface area contributed by atoms with E-state index in [0.717, 1.165) is 0 Å². The summed E-state index contributed by atoms with van der Waals surface area (Å²) in [6.07, 6.45) is -0.313. The van der Waals surface area contributed by atoms with Crippen LogP contribution in [0, 0.1) is 30.5 Å². The highest BCUT2D eigenvalue weighted by atomic mass is 19.1. The molecule has 2 aliphatic rings. The maximum absolute atomic E-state index is 13.2. The maximum atomic E-state index is 13.2. The summed E-state index contributed by atoms with van der Waals surface area (Å²) in [5, 5.41) is 3.06. The lowest BCUT2D eigenvalue weighted by atomic mass is 10.1. The number of nitrogens with zero attached hydrogens (tertiary/aromatic N) is 1. The molecule has 1 aliphatic carbocycles. The Labute approximate surface area is 171 Å². The van der Waals surface area contributed by atoms with Gasteiger partial charge >= 0.3 is 6.09 Å². The average molecular weight is 406 g/mol. The molecule has 3 atom stereocenters. The lowest BCUT2D eigenvalue weighted by Crippen LogP contribution is -2.49. The van der Waals surface area contributed by atoms with Crippen LogP contribution in [-0.2, 0) is 9.53 Å². The highest BCUT2D eigenvalue weighted by molar-refractivity contribution is 5.84. The number of hydrogen-bond donors (Lipinski definition) is 1. The van der Waals surface area contributed by atoms with Crippen molar-refractivity contribution in [2.75, 3.05) is 19.7 Å². The third-order valence-electron chi connectivity index (χ3n) is 5.34. The first-order valence-corrected chi connectivity index (χ1v) is 10.1. The van der Waals surface area contributed by atoms with Crippen molar-refractivity contribution in [2.24, 2.45) is 17.8 Å². The number of ether oxygens (including phenoxy) is 2. The first-order valence-electron chi connectivity index (χ1n) is 10.1. The third-order valence-corrected chi connectivity index (χ3v) is 5.34. The molecular weight excluding hydrogens is 375 g/mol. The second-order valence-electron chi connectivity index (χ2n) is 9.81. The van der Waals surface area contributed by atoms with Crippen molar-refractivity contribution < 1.29 is 23.5 Å². The Kier molecular flexibility index (Phi) is 5.54. The summed E-state index contributed by atoms with van der Waals surface area (Å²) >= 11 is 0. The number of benzene rings is 1. The minimum absolute atomic E-state index is 0.00623. The molecule has 2 amide bonds. The Balaban J connectivity index is 1.47. The number of carbonyl (C=O) groups excluding carboxylic acids is 2. The topological polar surface area (TPSA) is 67.9 Å². The maximum Gasteiger partial charge on any atom is 0.410 e. The van der Waals surface area contributed by atoms with Crippen molar-refractivity contribution >= 4 is 12.0 Å². The second kappa shape index (κ2) is 7.50. The number of likely N-dealkylation sites (tertiary alicyclic amines) is 1. The van der Waals surface area contributed by atoms with Crippen LogP contribution < -0.4 is 10.1 Å². The largest absolute Gasteiger partial charge is 0.491 e. The Bertz CT molecular complexity index is 790. The van der Waals surface area contributed by atoms with E-state index in [-0.39, 0.29) is 42.2 Å². The molecule has 0 aromatic heterocycles. The summed E-state index contributed by atoms with van der Waals surface area (Å²) in [6, 6.07) is 4.37. The number of fused-ring (bicyclic) bond motifs is 1. The molecule has 2 fully saturated rings. The second-order valence-corrected chi connectivity index (χ2v) is 9.81. The summed E-state index contributed by atoms with van der Waals surface area (Å²) in [4.78, 5) is 26.6. The molecule has 160 valence electrons. The summed E-state index contributed by atoms with van der Waals surface area (Å²) in [6.45, 7) is 12.5. The van der Waals surface area contributed by atoms with Crippen LogP contribution in [0.25, 0.3) is 0 Å². The van der Waals surface area contributed by atoms with E-state index in [1.165, 1.54) is 12.1 Å². The first kappa shape index (κ1) is 21.4. The van der Waals surface area contributed by atoms with Crippen LogP contribution >= 0.6 is 0 Å². The van der Waals surface area contributed by atoms with Crippen molar-refractivity contribution in [2.45, 2.75) is 52.7 Å². The number of amides is 2. The molecule has 7 heteroatoms. The number of piperidine rings is 1. The molecule has 3 rings (SSSR count). The highest BCUT2D eigenvalue weighted by Gasteiger charge is 2.61. The van der Waals surface area contributed by atoms with E-state index in [9.17, 15) is 14.0 Å². The molecule has 1 aromatic rings. The van der Waals surface area contributed by atoms with Gasteiger partial charge in [-0.25, -0.2) is 9.18 Å². The molecule has 0 bridgehead atoms. The Morgan fingerprint density at radius 3 is 2.34 bits per heavy atom. The minimum Gasteiger partial charge on any atom is -0.491 e. The van der Waals surface area contributed by atoms with Crippen molar-refractivity contribution in [1.82, 2.24) is 10.2 Å². The van der Waals surface area contributed by atoms with E-state index in [1.54, 1.807) is 17.9 Å². The van der Waals surface area contributed by atoms with Gasteiger partial charge in [0.1, 0.15) is 23.8 Å². The van der Waals surface area contributed by atoms with E-state index in [4.69, 9.17) is 9.47 Å². The van der Waals surface area contributed by atoms with Gasteiger partial charge in [-0.05, 0) is 77.1 Å². The predicted molar refractivity (Wildman–Crippen MR) is 107 cm³/mol. The number of nitrogens with one attached hydrogen (secondary N) is 1. The van der Waals surface area contributed by atoms with Gasteiger partial charge in [0.2, 0.25) is 5.91 Å². The SMILES string of the molecule is Cc1cc(F)ccc1OCC(C)(C)NC(=O)C1[C@H]2CN(C(=O)OC(C)(C)C)C[C@@H]12. The molecule has 1 saturated heterocycles. The zero-order valence-electron chi connectivity index (χ0n) is 18.0. The predicted octanol–water partition coefficient (Wildman–Crippen LogP) is 3.52. The zero-order chi connectivity index (χ0) is 21.6. The number of hydrogen-bond acceptors (Lipinski definition) is 4. The number of rotatable bonds is 5. The van der Waals surface area contributed by atoms with Crippen LogP contribution in [0.15, 0.2) is 18.2 Å². The van der Waals surface area contributed by atoms with Gasteiger partial charge in [-0.1, -0.05) is 0 Å². The van der Waals surface area contributed by atoms with Crippen molar-refractivity contribution in [1.29, 1.82) is 0 Å². The third kappa shape index (κ3) is 5.19. The molecule has 6 nitrogen and oxygen atoms in total. The molecule has 1 aliphatic heterocycles. The number of halogens is 1. The van der Waals surface area contributed by atoms with Crippen LogP contribution in [-0.4, -0.2) is 47.7 Å². The fourth-order valence-electron chi connectivity index (χ4n) is 3.88. The van der Waals surface area contributed by atoms with Crippen LogP contribution in [0.1, 0.15) is 40.2 Å². The Morgan fingerprint density at radius 2 is 1.79 bits per heavy atom. The summed E-state index contributed by atoms with van der Waals surface area (Å²) < 4.78 is 24.4. The van der Waals surface area contributed by atoms with Crippen LogP contribution in [0.5, 0.6) is 5.75 Å². The summed E-state index contributed by atoms with van der Waals surface area (Å²) in [7, 11) is 0. The summed E-state index contributed by atoms with van der Waals surface area (Å²) in [5.41, 5.74) is -0.376. The lowest BCUT2D eigenvalue weighted by Gasteiger charge is -2.28. The van der Waals surface area contributed by atoms with Crippen molar-refractivity contribution in [3.63, 3.8) is 0 Å². The van der Waals surface area contributed by atoms with Gasteiger partial charge in [0.25, 0.3) is 0 Å². The van der Waals surface area contributed by atoms with Gasteiger partial charge in [-0.2, -0.15) is 0 Å².